The lowest BCUT2D eigenvalue weighted by molar-refractivity contribution is 0.0374. The highest BCUT2D eigenvalue weighted by molar-refractivity contribution is 5.75. The molecule has 0 spiro atoms. The molecule has 0 atom stereocenters. The highest BCUT2D eigenvalue weighted by atomic mass is 16.5. The molecular formula is C15H21N3O. The van der Waals surface area contributed by atoms with E-state index in [0.717, 1.165) is 51.2 Å². The minimum absolute atomic E-state index is 0.881. The van der Waals surface area contributed by atoms with Gasteiger partial charge in [0.1, 0.15) is 5.82 Å². The van der Waals surface area contributed by atoms with E-state index in [2.05, 4.69) is 34.7 Å². The highest BCUT2D eigenvalue weighted by Crippen LogP contribution is 2.15. The lowest BCUT2D eigenvalue weighted by Gasteiger charge is -2.26. The summed E-state index contributed by atoms with van der Waals surface area (Å²) in [6.07, 6.45) is 2.21. The number of imidazole rings is 1. The first-order valence-corrected chi connectivity index (χ1v) is 7.05. The van der Waals surface area contributed by atoms with Gasteiger partial charge in [0, 0.05) is 26.6 Å². The predicted octanol–water partition coefficient (Wildman–Crippen LogP) is 1.84. The van der Waals surface area contributed by atoms with Gasteiger partial charge >= 0.3 is 0 Å². The van der Waals surface area contributed by atoms with Crippen LogP contribution in [0.1, 0.15) is 12.2 Å². The van der Waals surface area contributed by atoms with Gasteiger partial charge in [0.25, 0.3) is 0 Å². The number of para-hydroxylation sites is 2. The van der Waals surface area contributed by atoms with Gasteiger partial charge in [-0.1, -0.05) is 12.1 Å². The number of hydrogen-bond donors (Lipinski definition) is 0. The van der Waals surface area contributed by atoms with Crippen LogP contribution in [0.2, 0.25) is 0 Å². The van der Waals surface area contributed by atoms with Gasteiger partial charge in [-0.2, -0.15) is 0 Å². The lowest BCUT2D eigenvalue weighted by Crippen LogP contribution is -2.37. The number of ether oxygens (including phenoxy) is 1. The maximum Gasteiger partial charge on any atom is 0.109 e. The second-order valence-corrected chi connectivity index (χ2v) is 5.13. The normalized spacial score (nSPS) is 17.1. The Labute approximate surface area is 114 Å². The summed E-state index contributed by atoms with van der Waals surface area (Å²) in [5.41, 5.74) is 2.33. The number of morpholine rings is 1. The molecule has 1 aromatic heterocycles. The Bertz CT molecular complexity index is 543. The molecule has 0 N–H and O–H groups in total. The number of aromatic nitrogens is 2. The summed E-state index contributed by atoms with van der Waals surface area (Å²) >= 11 is 0. The molecule has 0 bridgehead atoms. The number of fused-ring (bicyclic) bond motifs is 1. The van der Waals surface area contributed by atoms with Crippen molar-refractivity contribution in [2.75, 3.05) is 32.8 Å². The van der Waals surface area contributed by atoms with E-state index >= 15 is 0 Å². The minimum atomic E-state index is 0.881. The summed E-state index contributed by atoms with van der Waals surface area (Å²) in [6, 6.07) is 8.34. The van der Waals surface area contributed by atoms with Crippen molar-refractivity contribution in [2.45, 2.75) is 12.8 Å². The van der Waals surface area contributed by atoms with Gasteiger partial charge in [-0.3, -0.25) is 4.90 Å². The molecule has 1 fully saturated rings. The van der Waals surface area contributed by atoms with Crippen molar-refractivity contribution < 1.29 is 4.74 Å². The number of hydrogen-bond acceptors (Lipinski definition) is 3. The van der Waals surface area contributed by atoms with Gasteiger partial charge in [0.05, 0.1) is 24.2 Å². The molecule has 19 heavy (non-hydrogen) atoms. The topological polar surface area (TPSA) is 30.3 Å². The Morgan fingerprint density at radius 3 is 2.79 bits per heavy atom. The zero-order valence-electron chi connectivity index (χ0n) is 11.5. The summed E-state index contributed by atoms with van der Waals surface area (Å²) in [5, 5.41) is 0. The second kappa shape index (κ2) is 5.72. The fourth-order valence-corrected chi connectivity index (χ4v) is 2.70. The van der Waals surface area contributed by atoms with E-state index in [-0.39, 0.29) is 0 Å². The van der Waals surface area contributed by atoms with Crippen LogP contribution in [0.4, 0.5) is 0 Å². The quantitative estimate of drug-likeness (QED) is 0.839. The van der Waals surface area contributed by atoms with Crippen molar-refractivity contribution in [3.63, 3.8) is 0 Å². The monoisotopic (exact) mass is 259 g/mol. The zero-order valence-corrected chi connectivity index (χ0v) is 11.5. The Morgan fingerprint density at radius 1 is 1.21 bits per heavy atom. The number of nitrogens with zero attached hydrogens (tertiary/aromatic N) is 3. The summed E-state index contributed by atoms with van der Waals surface area (Å²) in [5.74, 6) is 1.19. The van der Waals surface area contributed by atoms with Crippen molar-refractivity contribution in [1.82, 2.24) is 14.5 Å². The van der Waals surface area contributed by atoms with Crippen LogP contribution in [-0.2, 0) is 18.2 Å². The third-order valence-corrected chi connectivity index (χ3v) is 3.86. The molecular weight excluding hydrogens is 238 g/mol. The molecule has 0 aliphatic carbocycles. The van der Waals surface area contributed by atoms with Gasteiger partial charge in [-0.25, -0.2) is 4.98 Å². The van der Waals surface area contributed by atoms with Gasteiger partial charge < -0.3 is 9.30 Å². The van der Waals surface area contributed by atoms with Crippen LogP contribution in [-0.4, -0.2) is 47.3 Å². The fraction of sp³-hybridized carbons (Fsp3) is 0.533. The van der Waals surface area contributed by atoms with E-state index < -0.39 is 0 Å². The molecule has 2 heterocycles. The summed E-state index contributed by atoms with van der Waals surface area (Å²) < 4.78 is 7.58. The van der Waals surface area contributed by atoms with Crippen LogP contribution < -0.4 is 0 Å². The van der Waals surface area contributed by atoms with Gasteiger partial charge in [0.15, 0.2) is 0 Å². The van der Waals surface area contributed by atoms with Crippen LogP contribution in [0.25, 0.3) is 11.0 Å². The molecule has 102 valence electrons. The molecule has 0 unspecified atom stereocenters. The molecule has 0 saturated carbocycles. The van der Waals surface area contributed by atoms with Crippen molar-refractivity contribution in [3.05, 3.63) is 30.1 Å². The van der Waals surface area contributed by atoms with Crippen LogP contribution in [0.15, 0.2) is 24.3 Å². The highest BCUT2D eigenvalue weighted by Gasteiger charge is 2.11. The Morgan fingerprint density at radius 2 is 2.00 bits per heavy atom. The second-order valence-electron chi connectivity index (χ2n) is 5.13. The van der Waals surface area contributed by atoms with Crippen LogP contribution in [0.3, 0.4) is 0 Å². The van der Waals surface area contributed by atoms with E-state index in [1.807, 2.05) is 6.07 Å². The molecule has 3 rings (SSSR count). The smallest absolute Gasteiger partial charge is 0.109 e. The van der Waals surface area contributed by atoms with E-state index in [1.54, 1.807) is 0 Å². The average molecular weight is 259 g/mol. The SMILES string of the molecule is Cn1c(CCCN2CCOCC2)nc2ccccc21. The molecule has 2 aromatic rings. The maximum absolute atomic E-state index is 5.37. The third-order valence-electron chi connectivity index (χ3n) is 3.86. The Hall–Kier alpha value is -1.39. The van der Waals surface area contributed by atoms with E-state index in [0.29, 0.717) is 0 Å². The van der Waals surface area contributed by atoms with Gasteiger partial charge in [0.2, 0.25) is 0 Å². The van der Waals surface area contributed by atoms with Crippen molar-refractivity contribution in [1.29, 1.82) is 0 Å². The van der Waals surface area contributed by atoms with Crippen molar-refractivity contribution in [2.24, 2.45) is 7.05 Å². The van der Waals surface area contributed by atoms with E-state index in [1.165, 1.54) is 11.3 Å². The summed E-state index contributed by atoms with van der Waals surface area (Å²) in [6.45, 7) is 5.05. The van der Waals surface area contributed by atoms with Crippen molar-refractivity contribution in [3.8, 4) is 0 Å². The van der Waals surface area contributed by atoms with Crippen molar-refractivity contribution >= 4 is 11.0 Å². The molecule has 1 aromatic carbocycles. The first kappa shape index (κ1) is 12.6. The van der Waals surface area contributed by atoms with Gasteiger partial charge in [-0.05, 0) is 25.1 Å². The third kappa shape index (κ3) is 2.80. The van der Waals surface area contributed by atoms with E-state index in [4.69, 9.17) is 9.72 Å². The summed E-state index contributed by atoms with van der Waals surface area (Å²) in [7, 11) is 2.11. The predicted molar refractivity (Wildman–Crippen MR) is 76.3 cm³/mol. The van der Waals surface area contributed by atoms with Crippen LogP contribution in [0.5, 0.6) is 0 Å². The molecule has 0 radical (unpaired) electrons. The zero-order chi connectivity index (χ0) is 13.1. The molecule has 4 heteroatoms. The summed E-state index contributed by atoms with van der Waals surface area (Å²) in [4.78, 5) is 7.19. The fourth-order valence-electron chi connectivity index (χ4n) is 2.70. The van der Waals surface area contributed by atoms with Crippen LogP contribution >= 0.6 is 0 Å². The molecule has 0 amide bonds. The Kier molecular flexibility index (Phi) is 3.80. The number of benzene rings is 1. The molecule has 1 saturated heterocycles. The molecule has 1 aliphatic heterocycles. The largest absolute Gasteiger partial charge is 0.379 e. The number of rotatable bonds is 4. The van der Waals surface area contributed by atoms with Crippen LogP contribution in [0, 0.1) is 0 Å². The maximum atomic E-state index is 5.37. The average Bonchev–Trinajstić information content (AvgIpc) is 2.78. The van der Waals surface area contributed by atoms with Gasteiger partial charge in [-0.15, -0.1) is 0 Å². The molecule has 1 aliphatic rings. The standard InChI is InChI=1S/C15H21N3O/c1-17-14-6-3-2-5-13(14)16-15(17)7-4-8-18-9-11-19-12-10-18/h2-3,5-6H,4,7-12H2,1H3. The lowest BCUT2D eigenvalue weighted by atomic mass is 10.2. The molecule has 4 nitrogen and oxygen atoms in total. The minimum Gasteiger partial charge on any atom is -0.379 e. The Balaban J connectivity index is 1.60. The number of aryl methyl sites for hydroxylation is 2. The first-order valence-electron chi connectivity index (χ1n) is 7.05. The first-order chi connectivity index (χ1) is 9.34. The van der Waals surface area contributed by atoms with E-state index in [9.17, 15) is 0 Å².